The molecule has 4 aliphatic carbocycles. The Labute approximate surface area is 184 Å². The van der Waals surface area contributed by atoms with E-state index in [1.54, 1.807) is 0 Å². The molecule has 0 saturated heterocycles. The van der Waals surface area contributed by atoms with Crippen LogP contribution in [0, 0.1) is 34.5 Å². The molecule has 3 saturated carbocycles. The Bertz CT molecular complexity index is 810. The standard InChI is InChI=1S/C24H36N2O5/c1-13(27)30-16-11-15-5-6-17-18-7-8-21(31-14(2)28)23(18,3)10-9-19(17)24(15,4)20(12-16)22(29)26-25/h5,16-21H,6-12,25H2,1-4H3,(H,26,29)/t16?,17-,18-,19+,20?,21?,23-,24-/m0/s1. The zero-order valence-electron chi connectivity index (χ0n) is 19.1. The van der Waals surface area contributed by atoms with Gasteiger partial charge in [0.05, 0.1) is 5.92 Å². The maximum Gasteiger partial charge on any atom is 0.302 e. The molecule has 3 N–H and O–H groups in total. The highest BCUT2D eigenvalue weighted by Crippen LogP contribution is 2.66. The molecule has 3 fully saturated rings. The summed E-state index contributed by atoms with van der Waals surface area (Å²) in [7, 11) is 0. The van der Waals surface area contributed by atoms with E-state index < -0.39 is 0 Å². The van der Waals surface area contributed by atoms with Crippen LogP contribution in [0.1, 0.15) is 72.6 Å². The average Bonchev–Trinajstić information content (AvgIpc) is 3.02. The molecule has 0 aromatic carbocycles. The molecule has 0 radical (unpaired) electrons. The van der Waals surface area contributed by atoms with Gasteiger partial charge < -0.3 is 9.47 Å². The van der Waals surface area contributed by atoms with Gasteiger partial charge in [-0.3, -0.25) is 19.8 Å². The average molecular weight is 433 g/mol. The summed E-state index contributed by atoms with van der Waals surface area (Å²) in [6.45, 7) is 7.42. The van der Waals surface area contributed by atoms with Gasteiger partial charge in [-0.15, -0.1) is 0 Å². The van der Waals surface area contributed by atoms with Gasteiger partial charge in [-0.25, -0.2) is 5.84 Å². The monoisotopic (exact) mass is 432 g/mol. The van der Waals surface area contributed by atoms with E-state index in [-0.39, 0.29) is 46.8 Å². The molecular formula is C24H36N2O5. The Morgan fingerprint density at radius 1 is 1.06 bits per heavy atom. The van der Waals surface area contributed by atoms with Crippen LogP contribution in [-0.2, 0) is 23.9 Å². The van der Waals surface area contributed by atoms with Gasteiger partial charge in [-0.05, 0) is 56.3 Å². The van der Waals surface area contributed by atoms with Crippen molar-refractivity contribution in [3.8, 4) is 0 Å². The number of hydrazine groups is 1. The summed E-state index contributed by atoms with van der Waals surface area (Å²) in [6, 6.07) is 0. The molecule has 172 valence electrons. The molecule has 4 rings (SSSR count). The molecule has 31 heavy (non-hydrogen) atoms. The Kier molecular flexibility index (Phi) is 5.69. The van der Waals surface area contributed by atoms with Crippen LogP contribution in [0.25, 0.3) is 0 Å². The fraction of sp³-hybridized carbons (Fsp3) is 0.792. The first-order chi connectivity index (χ1) is 14.6. The lowest BCUT2D eigenvalue weighted by atomic mass is 9.45. The third-order valence-electron chi connectivity index (χ3n) is 9.22. The quantitative estimate of drug-likeness (QED) is 0.233. The molecule has 0 aliphatic heterocycles. The molecule has 0 spiro atoms. The molecule has 7 nitrogen and oxygen atoms in total. The Balaban J connectivity index is 1.67. The maximum absolute atomic E-state index is 12.9. The summed E-state index contributed by atoms with van der Waals surface area (Å²) < 4.78 is 11.3. The summed E-state index contributed by atoms with van der Waals surface area (Å²) in [5, 5.41) is 0. The predicted octanol–water partition coefficient (Wildman–Crippen LogP) is 3.03. The molecule has 8 atom stereocenters. The van der Waals surface area contributed by atoms with Crippen LogP contribution in [0.4, 0.5) is 0 Å². The topological polar surface area (TPSA) is 108 Å². The fourth-order valence-electron chi connectivity index (χ4n) is 7.87. The Morgan fingerprint density at radius 3 is 2.42 bits per heavy atom. The maximum atomic E-state index is 12.9. The van der Waals surface area contributed by atoms with E-state index in [9.17, 15) is 14.4 Å². The first-order valence-corrected chi connectivity index (χ1v) is 11.7. The van der Waals surface area contributed by atoms with Gasteiger partial charge in [0.15, 0.2) is 0 Å². The van der Waals surface area contributed by atoms with E-state index in [0.29, 0.717) is 30.6 Å². The van der Waals surface area contributed by atoms with Gasteiger partial charge in [-0.1, -0.05) is 25.5 Å². The van der Waals surface area contributed by atoms with E-state index in [1.807, 2.05) is 0 Å². The van der Waals surface area contributed by atoms with Crippen molar-refractivity contribution in [2.45, 2.75) is 84.8 Å². The Hall–Kier alpha value is -1.89. The van der Waals surface area contributed by atoms with E-state index in [4.69, 9.17) is 15.3 Å². The first-order valence-electron chi connectivity index (χ1n) is 11.7. The summed E-state index contributed by atoms with van der Waals surface area (Å²) in [4.78, 5) is 36.2. The lowest BCUT2D eigenvalue weighted by Crippen LogP contribution is -2.58. The molecule has 0 heterocycles. The zero-order valence-corrected chi connectivity index (χ0v) is 19.1. The second-order valence-electron chi connectivity index (χ2n) is 10.6. The van der Waals surface area contributed by atoms with Crippen LogP contribution in [0.2, 0.25) is 0 Å². The summed E-state index contributed by atoms with van der Waals surface area (Å²) >= 11 is 0. The molecule has 4 aliphatic rings. The van der Waals surface area contributed by atoms with E-state index >= 15 is 0 Å². The number of hydrogen-bond donors (Lipinski definition) is 2. The molecule has 1 amide bonds. The van der Waals surface area contributed by atoms with Crippen LogP contribution < -0.4 is 11.3 Å². The number of carbonyl (C=O) groups excluding carboxylic acids is 3. The minimum atomic E-state index is -0.329. The molecule has 0 bridgehead atoms. The Morgan fingerprint density at radius 2 is 1.77 bits per heavy atom. The minimum Gasteiger partial charge on any atom is -0.462 e. The van der Waals surface area contributed by atoms with Crippen LogP contribution >= 0.6 is 0 Å². The number of allylic oxidation sites excluding steroid dienone is 1. The van der Waals surface area contributed by atoms with Gasteiger partial charge >= 0.3 is 11.9 Å². The van der Waals surface area contributed by atoms with Crippen molar-refractivity contribution in [1.82, 2.24) is 5.43 Å². The van der Waals surface area contributed by atoms with Crippen molar-refractivity contribution in [2.24, 2.45) is 40.3 Å². The molecular weight excluding hydrogens is 396 g/mol. The SMILES string of the molecule is CC(=O)OC1CC2=CC[C@@H]3[C@@H](CC[C@]4(C)C(OC(C)=O)CC[C@@H]34)[C@@]2(C)C(C(=O)NN)C1. The number of amides is 1. The summed E-state index contributed by atoms with van der Waals surface area (Å²) in [6.07, 6.45) is 8.10. The predicted molar refractivity (Wildman–Crippen MR) is 114 cm³/mol. The number of rotatable bonds is 3. The van der Waals surface area contributed by atoms with Gasteiger partial charge in [-0.2, -0.15) is 0 Å². The van der Waals surface area contributed by atoms with Crippen molar-refractivity contribution >= 4 is 17.8 Å². The van der Waals surface area contributed by atoms with E-state index in [2.05, 4.69) is 25.3 Å². The molecule has 7 heteroatoms. The highest BCUT2D eigenvalue weighted by Gasteiger charge is 2.62. The van der Waals surface area contributed by atoms with Crippen molar-refractivity contribution < 1.29 is 23.9 Å². The third kappa shape index (κ3) is 3.49. The number of esters is 2. The van der Waals surface area contributed by atoms with Crippen molar-refractivity contribution in [3.05, 3.63) is 11.6 Å². The van der Waals surface area contributed by atoms with Crippen LogP contribution in [0.5, 0.6) is 0 Å². The van der Waals surface area contributed by atoms with Crippen molar-refractivity contribution in [3.63, 3.8) is 0 Å². The summed E-state index contributed by atoms with van der Waals surface area (Å²) in [5.74, 6) is 5.86. The molecule has 3 unspecified atom stereocenters. The largest absolute Gasteiger partial charge is 0.462 e. The highest BCUT2D eigenvalue weighted by molar-refractivity contribution is 5.80. The number of nitrogens with two attached hydrogens (primary N) is 1. The van der Waals surface area contributed by atoms with E-state index in [1.165, 1.54) is 19.4 Å². The number of hydrogen-bond acceptors (Lipinski definition) is 6. The van der Waals surface area contributed by atoms with Crippen molar-refractivity contribution in [1.29, 1.82) is 0 Å². The lowest BCUT2D eigenvalue weighted by Gasteiger charge is -2.59. The third-order valence-corrected chi connectivity index (χ3v) is 9.22. The first kappa shape index (κ1) is 22.3. The second kappa shape index (κ2) is 7.91. The van der Waals surface area contributed by atoms with E-state index in [0.717, 1.165) is 32.1 Å². The number of ether oxygens (including phenoxy) is 2. The smallest absolute Gasteiger partial charge is 0.302 e. The number of fused-ring (bicyclic) bond motifs is 5. The zero-order chi connectivity index (χ0) is 22.6. The van der Waals surface area contributed by atoms with Gasteiger partial charge in [0.1, 0.15) is 12.2 Å². The highest BCUT2D eigenvalue weighted by atomic mass is 16.5. The number of carbonyl (C=O) groups is 3. The van der Waals surface area contributed by atoms with Crippen LogP contribution in [0.3, 0.4) is 0 Å². The second-order valence-corrected chi connectivity index (χ2v) is 10.6. The van der Waals surface area contributed by atoms with Gasteiger partial charge in [0.2, 0.25) is 5.91 Å². The number of nitrogens with one attached hydrogen (secondary N) is 1. The fourth-order valence-corrected chi connectivity index (χ4v) is 7.87. The van der Waals surface area contributed by atoms with Gasteiger partial charge in [0.25, 0.3) is 0 Å². The van der Waals surface area contributed by atoms with Crippen LogP contribution in [0.15, 0.2) is 11.6 Å². The lowest BCUT2D eigenvalue weighted by molar-refractivity contribution is -0.161. The van der Waals surface area contributed by atoms with Crippen LogP contribution in [-0.4, -0.2) is 30.1 Å². The van der Waals surface area contributed by atoms with Crippen molar-refractivity contribution in [2.75, 3.05) is 0 Å². The molecule has 0 aromatic heterocycles. The molecule has 0 aromatic rings. The normalized spacial score (nSPS) is 43.6. The minimum absolute atomic E-state index is 0.00486. The van der Waals surface area contributed by atoms with Gasteiger partial charge in [0, 0.05) is 31.1 Å². The summed E-state index contributed by atoms with van der Waals surface area (Å²) in [5.41, 5.74) is 3.31.